The lowest BCUT2D eigenvalue weighted by Gasteiger charge is -2.22. The van der Waals surface area contributed by atoms with Crippen LogP contribution in [-0.4, -0.2) is 12.8 Å². The Bertz CT molecular complexity index is 405. The zero-order valence-electron chi connectivity index (χ0n) is 16.3. The normalized spacial score (nSPS) is 12.3. The second kappa shape index (κ2) is 14.3. The van der Waals surface area contributed by atoms with Crippen molar-refractivity contribution >= 4 is 5.69 Å². The summed E-state index contributed by atoms with van der Waals surface area (Å²) >= 11 is 0. The predicted octanol–water partition coefficient (Wildman–Crippen LogP) is 7.08. The number of para-hydroxylation sites is 1. The monoisotopic (exact) mass is 333 g/mol. The number of nitrogens with one attached hydrogen (secondary N) is 1. The van der Waals surface area contributed by atoms with Gasteiger partial charge in [-0.3, -0.25) is 0 Å². The van der Waals surface area contributed by atoms with Crippen LogP contribution in [-0.2, 0) is 4.74 Å². The summed E-state index contributed by atoms with van der Waals surface area (Å²) in [6, 6.07) is 8.50. The highest BCUT2D eigenvalue weighted by atomic mass is 16.5. The first-order chi connectivity index (χ1) is 11.8. The van der Waals surface area contributed by atoms with Crippen molar-refractivity contribution in [3.05, 3.63) is 29.8 Å². The van der Waals surface area contributed by atoms with Crippen molar-refractivity contribution in [3.8, 4) is 0 Å². The summed E-state index contributed by atoms with van der Waals surface area (Å²) in [4.78, 5) is 0. The maximum Gasteiger partial charge on any atom is 0.127 e. The average molecular weight is 334 g/mol. The van der Waals surface area contributed by atoms with Crippen LogP contribution in [0, 0.1) is 6.92 Å². The highest BCUT2D eigenvalue weighted by Gasteiger charge is 2.10. The molecule has 0 aliphatic carbocycles. The first-order valence-corrected chi connectivity index (χ1v) is 10.2. The van der Waals surface area contributed by atoms with Gasteiger partial charge in [0.05, 0.1) is 0 Å². The number of benzene rings is 1. The molecule has 0 radical (unpaired) electrons. The molecule has 0 amide bonds. The Balaban J connectivity index is 2.36. The second-order valence-electron chi connectivity index (χ2n) is 6.94. The van der Waals surface area contributed by atoms with E-state index in [0.717, 1.165) is 13.0 Å². The first-order valence-electron chi connectivity index (χ1n) is 10.2. The van der Waals surface area contributed by atoms with Crippen LogP contribution in [0.5, 0.6) is 0 Å². The van der Waals surface area contributed by atoms with Gasteiger partial charge in [0.1, 0.15) is 6.23 Å². The van der Waals surface area contributed by atoms with Gasteiger partial charge in [-0.15, -0.1) is 0 Å². The zero-order chi connectivity index (χ0) is 17.5. The fourth-order valence-corrected chi connectivity index (χ4v) is 2.97. The lowest BCUT2D eigenvalue weighted by molar-refractivity contribution is 0.0617. The maximum absolute atomic E-state index is 6.16. The van der Waals surface area contributed by atoms with Gasteiger partial charge in [-0.25, -0.2) is 0 Å². The third-order valence-electron chi connectivity index (χ3n) is 4.60. The van der Waals surface area contributed by atoms with E-state index in [1.165, 1.54) is 75.5 Å². The highest BCUT2D eigenvalue weighted by Crippen LogP contribution is 2.18. The number of anilines is 1. The van der Waals surface area contributed by atoms with E-state index in [1.807, 2.05) is 0 Å². The molecule has 0 fully saturated rings. The molecule has 2 nitrogen and oxygen atoms in total. The molecule has 1 aromatic carbocycles. The summed E-state index contributed by atoms with van der Waals surface area (Å²) in [6.45, 7) is 7.56. The Hall–Kier alpha value is -1.02. The largest absolute Gasteiger partial charge is 0.360 e. The van der Waals surface area contributed by atoms with Crippen LogP contribution >= 0.6 is 0 Å². The maximum atomic E-state index is 6.16. The smallest absolute Gasteiger partial charge is 0.127 e. The van der Waals surface area contributed by atoms with E-state index < -0.39 is 0 Å². The van der Waals surface area contributed by atoms with Gasteiger partial charge in [0.25, 0.3) is 0 Å². The van der Waals surface area contributed by atoms with Crippen LogP contribution in [0.3, 0.4) is 0 Å². The number of unbranched alkanes of at least 4 members (excludes halogenated alkanes) is 8. The van der Waals surface area contributed by atoms with Crippen LogP contribution in [0.2, 0.25) is 0 Å². The van der Waals surface area contributed by atoms with E-state index in [9.17, 15) is 0 Å². The molecule has 0 bridgehead atoms. The molecule has 0 spiro atoms. The van der Waals surface area contributed by atoms with Crippen LogP contribution < -0.4 is 5.32 Å². The molecule has 138 valence electrons. The van der Waals surface area contributed by atoms with E-state index in [4.69, 9.17) is 4.74 Å². The molecule has 0 saturated heterocycles. The fourth-order valence-electron chi connectivity index (χ4n) is 2.97. The molecule has 1 atom stereocenters. The molecule has 1 aromatic rings. The van der Waals surface area contributed by atoms with Crippen molar-refractivity contribution in [1.82, 2.24) is 0 Å². The number of hydrogen-bond donors (Lipinski definition) is 1. The third kappa shape index (κ3) is 9.97. The van der Waals surface area contributed by atoms with E-state index >= 15 is 0 Å². The molecule has 2 heteroatoms. The molecular weight excluding hydrogens is 294 g/mol. The second-order valence-corrected chi connectivity index (χ2v) is 6.94. The Morgan fingerprint density at radius 2 is 1.46 bits per heavy atom. The topological polar surface area (TPSA) is 21.3 Å². The van der Waals surface area contributed by atoms with Gasteiger partial charge in [-0.2, -0.15) is 0 Å². The van der Waals surface area contributed by atoms with Gasteiger partial charge in [0, 0.05) is 12.3 Å². The Morgan fingerprint density at radius 1 is 0.833 bits per heavy atom. The average Bonchev–Trinajstić information content (AvgIpc) is 2.59. The van der Waals surface area contributed by atoms with E-state index in [0.29, 0.717) is 0 Å². The number of ether oxygens (including phenoxy) is 1. The molecule has 0 heterocycles. The van der Waals surface area contributed by atoms with E-state index in [-0.39, 0.29) is 6.23 Å². The van der Waals surface area contributed by atoms with Crippen molar-refractivity contribution in [2.75, 3.05) is 11.9 Å². The van der Waals surface area contributed by atoms with Gasteiger partial charge in [-0.1, -0.05) is 83.4 Å². The Labute approximate surface area is 150 Å². The van der Waals surface area contributed by atoms with Crippen LogP contribution in [0.1, 0.15) is 90.0 Å². The molecule has 1 N–H and O–H groups in total. The van der Waals surface area contributed by atoms with E-state index in [1.54, 1.807) is 0 Å². The SMILES string of the molecule is CCCCCCCCC(Nc1ccccc1C)OCCCCCC. The Kier molecular flexibility index (Phi) is 12.6. The third-order valence-corrected chi connectivity index (χ3v) is 4.60. The van der Waals surface area contributed by atoms with Crippen molar-refractivity contribution < 1.29 is 4.74 Å². The molecule has 1 unspecified atom stereocenters. The first kappa shape index (κ1) is 21.0. The van der Waals surface area contributed by atoms with Gasteiger partial charge >= 0.3 is 0 Å². The summed E-state index contributed by atoms with van der Waals surface area (Å²) in [5.74, 6) is 0. The van der Waals surface area contributed by atoms with Crippen molar-refractivity contribution in [2.24, 2.45) is 0 Å². The summed E-state index contributed by atoms with van der Waals surface area (Å²) in [5, 5.41) is 3.62. The lowest BCUT2D eigenvalue weighted by atomic mass is 10.1. The molecule has 0 aliphatic rings. The van der Waals surface area contributed by atoms with Crippen molar-refractivity contribution in [3.63, 3.8) is 0 Å². The molecular formula is C22H39NO. The van der Waals surface area contributed by atoms with Gasteiger partial charge in [0.2, 0.25) is 0 Å². The predicted molar refractivity (Wildman–Crippen MR) is 107 cm³/mol. The molecule has 0 aromatic heterocycles. The van der Waals surface area contributed by atoms with Gasteiger partial charge < -0.3 is 10.1 Å². The lowest BCUT2D eigenvalue weighted by Crippen LogP contribution is -2.24. The molecule has 24 heavy (non-hydrogen) atoms. The Morgan fingerprint density at radius 3 is 2.17 bits per heavy atom. The highest BCUT2D eigenvalue weighted by molar-refractivity contribution is 5.50. The quantitative estimate of drug-likeness (QED) is 0.273. The standard InChI is InChI=1S/C22H39NO/c1-4-6-8-10-11-12-18-22(24-19-15-9-7-5-2)23-21-17-14-13-16-20(21)3/h13-14,16-17,22-23H,4-12,15,18-19H2,1-3H3. The molecule has 0 saturated carbocycles. The minimum Gasteiger partial charge on any atom is -0.360 e. The van der Waals surface area contributed by atoms with Gasteiger partial charge in [0.15, 0.2) is 0 Å². The summed E-state index contributed by atoms with van der Waals surface area (Å²) in [6.07, 6.45) is 14.3. The number of aryl methyl sites for hydroxylation is 1. The van der Waals surface area contributed by atoms with Crippen molar-refractivity contribution in [2.45, 2.75) is 97.6 Å². The number of hydrogen-bond acceptors (Lipinski definition) is 2. The van der Waals surface area contributed by atoms with Crippen LogP contribution in [0.15, 0.2) is 24.3 Å². The fraction of sp³-hybridized carbons (Fsp3) is 0.727. The summed E-state index contributed by atoms with van der Waals surface area (Å²) in [5.41, 5.74) is 2.50. The minimum atomic E-state index is 0.152. The minimum absolute atomic E-state index is 0.152. The van der Waals surface area contributed by atoms with Crippen molar-refractivity contribution in [1.29, 1.82) is 0 Å². The van der Waals surface area contributed by atoms with Crippen LogP contribution in [0.25, 0.3) is 0 Å². The molecule has 1 rings (SSSR count). The summed E-state index contributed by atoms with van der Waals surface area (Å²) < 4.78 is 6.16. The van der Waals surface area contributed by atoms with Crippen LogP contribution in [0.4, 0.5) is 5.69 Å². The summed E-state index contributed by atoms with van der Waals surface area (Å²) in [7, 11) is 0. The van der Waals surface area contributed by atoms with E-state index in [2.05, 4.69) is 50.4 Å². The zero-order valence-corrected chi connectivity index (χ0v) is 16.3. The number of rotatable bonds is 15. The van der Waals surface area contributed by atoms with Gasteiger partial charge in [-0.05, 0) is 37.8 Å². The molecule has 0 aliphatic heterocycles.